The Labute approximate surface area is 297 Å². The molecule has 8 aromatic rings. The van der Waals surface area contributed by atoms with E-state index in [-0.39, 0.29) is 10.8 Å². The first-order valence-electron chi connectivity index (χ1n) is 17.9. The van der Waals surface area contributed by atoms with Gasteiger partial charge in [0.25, 0.3) is 0 Å². The molecule has 1 aliphatic heterocycles. The average Bonchev–Trinajstić information content (AvgIpc) is 3.22. The van der Waals surface area contributed by atoms with Crippen LogP contribution in [0.15, 0.2) is 176 Å². The lowest BCUT2D eigenvalue weighted by molar-refractivity contribution is 0.362. The summed E-state index contributed by atoms with van der Waals surface area (Å²) in [6.07, 6.45) is 2.08. The Bertz CT molecular complexity index is 2670. The number of aromatic nitrogens is 2. The van der Waals surface area contributed by atoms with Crippen LogP contribution in [0.1, 0.15) is 46.2 Å². The molecule has 7 aromatic carbocycles. The molecule has 3 aliphatic carbocycles. The van der Waals surface area contributed by atoms with Crippen LogP contribution in [0, 0.1) is 0 Å². The number of benzene rings is 7. The van der Waals surface area contributed by atoms with E-state index in [1.165, 1.54) is 50.2 Å². The summed E-state index contributed by atoms with van der Waals surface area (Å²) in [5, 5.41) is 1.04. The molecule has 2 atom stereocenters. The van der Waals surface area contributed by atoms with Crippen LogP contribution < -0.4 is 4.90 Å². The van der Waals surface area contributed by atoms with E-state index in [0.29, 0.717) is 5.95 Å². The van der Waals surface area contributed by atoms with Gasteiger partial charge in [0.1, 0.15) is 0 Å². The van der Waals surface area contributed by atoms with Gasteiger partial charge in [-0.1, -0.05) is 152 Å². The van der Waals surface area contributed by atoms with Crippen LogP contribution in [-0.4, -0.2) is 9.97 Å². The monoisotopic (exact) mass is 651 g/mol. The van der Waals surface area contributed by atoms with Gasteiger partial charge >= 0.3 is 0 Å². The van der Waals surface area contributed by atoms with E-state index in [1.807, 2.05) is 0 Å². The largest absolute Gasteiger partial charge is 0.278 e. The lowest BCUT2D eigenvalue weighted by Crippen LogP contribution is -2.52. The first kappa shape index (κ1) is 28.5. The zero-order valence-corrected chi connectivity index (χ0v) is 28.0. The van der Waals surface area contributed by atoms with Gasteiger partial charge in [-0.15, -0.1) is 0 Å². The van der Waals surface area contributed by atoms with Crippen molar-refractivity contribution in [2.24, 2.45) is 0 Å². The zero-order chi connectivity index (χ0) is 33.6. The van der Waals surface area contributed by atoms with Crippen molar-refractivity contribution in [1.82, 2.24) is 9.97 Å². The van der Waals surface area contributed by atoms with E-state index in [1.54, 1.807) is 0 Å². The summed E-state index contributed by atoms with van der Waals surface area (Å²) in [6, 6.07) is 64.1. The Morgan fingerprint density at radius 1 is 0.431 bits per heavy atom. The summed E-state index contributed by atoms with van der Waals surface area (Å²) in [6.45, 7) is 0. The Balaban J connectivity index is 1.20. The molecule has 2 bridgehead atoms. The zero-order valence-electron chi connectivity index (χ0n) is 28.0. The SMILES string of the molecule is c1ccc(-c2cccc(-c3nc(N4c5ccccc5C56CCC(c7ccccc7)(c7ccccc75)c5cccc4c56)nc4ccccc34)c2)cc1. The minimum atomic E-state index is -0.268. The van der Waals surface area contributed by atoms with Crippen LogP contribution in [0.25, 0.3) is 33.3 Å². The highest BCUT2D eigenvalue weighted by molar-refractivity contribution is 5.96. The average molecular weight is 652 g/mol. The van der Waals surface area contributed by atoms with Gasteiger partial charge in [-0.2, -0.15) is 0 Å². The molecule has 240 valence electrons. The highest BCUT2D eigenvalue weighted by atomic mass is 15.3. The van der Waals surface area contributed by atoms with Gasteiger partial charge in [0.2, 0.25) is 5.95 Å². The number of para-hydroxylation sites is 2. The fourth-order valence-electron chi connectivity index (χ4n) is 9.77. The molecule has 0 saturated carbocycles. The highest BCUT2D eigenvalue weighted by Gasteiger charge is 2.60. The molecule has 2 unspecified atom stereocenters. The van der Waals surface area contributed by atoms with Gasteiger partial charge in [0.05, 0.1) is 22.6 Å². The fraction of sp³-hybridized carbons (Fsp3) is 0.0833. The van der Waals surface area contributed by atoms with Gasteiger partial charge in [-0.3, -0.25) is 4.90 Å². The van der Waals surface area contributed by atoms with E-state index in [0.717, 1.165) is 40.7 Å². The summed E-state index contributed by atoms with van der Waals surface area (Å²) in [4.78, 5) is 13.2. The van der Waals surface area contributed by atoms with Gasteiger partial charge in [0, 0.05) is 21.8 Å². The van der Waals surface area contributed by atoms with E-state index >= 15 is 0 Å². The molecule has 0 amide bonds. The van der Waals surface area contributed by atoms with Crippen LogP contribution in [0.3, 0.4) is 0 Å². The molecule has 3 nitrogen and oxygen atoms in total. The van der Waals surface area contributed by atoms with Gasteiger partial charge < -0.3 is 0 Å². The number of rotatable bonds is 4. The normalized spacial score (nSPS) is 19.3. The lowest BCUT2D eigenvalue weighted by atomic mass is 9.45. The number of hydrogen-bond acceptors (Lipinski definition) is 3. The van der Waals surface area contributed by atoms with Crippen molar-refractivity contribution in [3.8, 4) is 22.4 Å². The van der Waals surface area contributed by atoms with Crippen molar-refractivity contribution in [3.05, 3.63) is 209 Å². The van der Waals surface area contributed by atoms with Crippen molar-refractivity contribution in [3.63, 3.8) is 0 Å². The summed E-state index contributed by atoms with van der Waals surface area (Å²) < 4.78 is 0. The molecule has 0 N–H and O–H groups in total. The summed E-state index contributed by atoms with van der Waals surface area (Å²) in [5.74, 6) is 0.688. The minimum absolute atomic E-state index is 0.240. The van der Waals surface area contributed by atoms with Crippen molar-refractivity contribution in [1.29, 1.82) is 0 Å². The molecular weight excluding hydrogens is 619 g/mol. The van der Waals surface area contributed by atoms with Crippen LogP contribution in [0.2, 0.25) is 0 Å². The van der Waals surface area contributed by atoms with Crippen LogP contribution in [0.5, 0.6) is 0 Å². The maximum Gasteiger partial charge on any atom is 0.235 e. The molecule has 4 aliphatic rings. The summed E-state index contributed by atoms with van der Waals surface area (Å²) in [7, 11) is 0. The molecule has 2 heterocycles. The molecule has 0 fully saturated rings. The molecule has 0 radical (unpaired) electrons. The minimum Gasteiger partial charge on any atom is -0.278 e. The summed E-state index contributed by atoms with van der Waals surface area (Å²) >= 11 is 0. The van der Waals surface area contributed by atoms with E-state index in [9.17, 15) is 0 Å². The summed E-state index contributed by atoms with van der Waals surface area (Å²) in [5.41, 5.74) is 15.4. The third-order valence-corrected chi connectivity index (χ3v) is 11.8. The molecule has 1 spiro atoms. The predicted octanol–water partition coefficient (Wildman–Crippen LogP) is 11.5. The first-order valence-corrected chi connectivity index (χ1v) is 17.9. The first-order chi connectivity index (χ1) is 25.3. The predicted molar refractivity (Wildman–Crippen MR) is 207 cm³/mol. The van der Waals surface area contributed by atoms with Crippen molar-refractivity contribution in [2.45, 2.75) is 23.7 Å². The van der Waals surface area contributed by atoms with Crippen LogP contribution in [0.4, 0.5) is 17.3 Å². The molecule has 51 heavy (non-hydrogen) atoms. The molecule has 0 saturated heterocycles. The quantitative estimate of drug-likeness (QED) is 0.190. The van der Waals surface area contributed by atoms with Crippen LogP contribution in [-0.2, 0) is 10.8 Å². The fourth-order valence-corrected chi connectivity index (χ4v) is 9.77. The smallest absolute Gasteiger partial charge is 0.235 e. The number of anilines is 3. The number of hydrogen-bond donors (Lipinski definition) is 0. The van der Waals surface area contributed by atoms with E-state index < -0.39 is 0 Å². The second kappa shape index (κ2) is 10.6. The van der Waals surface area contributed by atoms with Crippen LogP contribution >= 0.6 is 0 Å². The molecule has 1 aromatic heterocycles. The maximum absolute atomic E-state index is 5.52. The Hall–Kier alpha value is -6.32. The Kier molecular flexibility index (Phi) is 5.92. The topological polar surface area (TPSA) is 29.0 Å². The van der Waals surface area contributed by atoms with Crippen molar-refractivity contribution in [2.75, 3.05) is 4.90 Å². The van der Waals surface area contributed by atoms with Crippen molar-refractivity contribution < 1.29 is 0 Å². The van der Waals surface area contributed by atoms with E-state index in [4.69, 9.17) is 9.97 Å². The van der Waals surface area contributed by atoms with Crippen molar-refractivity contribution >= 4 is 28.2 Å². The second-order valence-electron chi connectivity index (χ2n) is 14.1. The maximum atomic E-state index is 5.52. The van der Waals surface area contributed by atoms with Gasteiger partial charge in [-0.25, -0.2) is 9.97 Å². The van der Waals surface area contributed by atoms with E-state index in [2.05, 4.69) is 181 Å². The Morgan fingerprint density at radius 2 is 1.02 bits per heavy atom. The second-order valence-corrected chi connectivity index (χ2v) is 14.1. The Morgan fingerprint density at radius 3 is 1.86 bits per heavy atom. The molecular formula is C48H33N3. The number of nitrogens with zero attached hydrogens (tertiary/aromatic N) is 3. The third-order valence-electron chi connectivity index (χ3n) is 11.8. The highest BCUT2D eigenvalue weighted by Crippen LogP contribution is 2.69. The molecule has 3 heteroatoms. The molecule has 12 rings (SSSR count). The third kappa shape index (κ3) is 3.78. The van der Waals surface area contributed by atoms with Gasteiger partial charge in [0.15, 0.2) is 0 Å². The van der Waals surface area contributed by atoms with Gasteiger partial charge in [-0.05, 0) is 81.6 Å². The standard InChI is InChI=1S/C48H33N3/c1-3-15-32(16-4-1)33-17-13-18-34(31-33)45-36-21-7-11-26-41(36)49-46(50-45)51-42-27-12-10-24-39(42)48-30-29-47(35-19-5-2-6-20-35,37-22-8-9-23-38(37)48)40-25-14-28-43(51)44(40)48/h1-28,31H,29-30H2. The number of fused-ring (bicyclic) bond motifs is 3. The lowest BCUT2D eigenvalue weighted by Gasteiger charge is -2.59.